The molecule has 2 aromatic rings. The van der Waals surface area contributed by atoms with E-state index in [1.165, 1.54) is 5.56 Å². The molecule has 1 aliphatic rings. The second kappa shape index (κ2) is 5.76. The van der Waals surface area contributed by atoms with Gasteiger partial charge in [-0.25, -0.2) is 4.98 Å². The van der Waals surface area contributed by atoms with Gasteiger partial charge in [-0.3, -0.25) is 0 Å². The van der Waals surface area contributed by atoms with Crippen LogP contribution in [0.5, 0.6) is 0 Å². The van der Waals surface area contributed by atoms with Crippen molar-refractivity contribution in [3.05, 3.63) is 24.0 Å². The summed E-state index contributed by atoms with van der Waals surface area (Å²) in [4.78, 5) is 6.68. The number of likely N-dealkylation sites (N-methyl/N-ethyl adjacent to an activating group) is 1. The predicted molar refractivity (Wildman–Crippen MR) is 78.2 cm³/mol. The minimum absolute atomic E-state index is 0.331. The molecular formula is C14H21N5O. The lowest BCUT2D eigenvalue weighted by Gasteiger charge is -2.37. The molecule has 108 valence electrons. The molecule has 0 amide bonds. The van der Waals surface area contributed by atoms with Crippen LogP contribution in [0.2, 0.25) is 0 Å². The Morgan fingerprint density at radius 2 is 2.35 bits per heavy atom. The van der Waals surface area contributed by atoms with Crippen molar-refractivity contribution in [2.45, 2.75) is 19.9 Å². The first-order valence-corrected chi connectivity index (χ1v) is 7.15. The molecule has 3 heterocycles. The highest BCUT2D eigenvalue weighted by atomic mass is 16.5. The zero-order valence-corrected chi connectivity index (χ0v) is 12.0. The fraction of sp³-hybridized carbons (Fsp3) is 0.571. The van der Waals surface area contributed by atoms with Gasteiger partial charge in [-0.1, -0.05) is 6.92 Å². The lowest BCUT2D eigenvalue weighted by Crippen LogP contribution is -2.51. The summed E-state index contributed by atoms with van der Waals surface area (Å²) in [5, 5.41) is 7.76. The van der Waals surface area contributed by atoms with E-state index >= 15 is 0 Å². The molecule has 20 heavy (non-hydrogen) atoms. The van der Waals surface area contributed by atoms with Crippen LogP contribution in [0.4, 0.5) is 5.82 Å². The third kappa shape index (κ3) is 2.48. The predicted octanol–water partition coefficient (Wildman–Crippen LogP) is 0.852. The number of nitrogens with one attached hydrogen (secondary N) is 1. The van der Waals surface area contributed by atoms with Crippen LogP contribution < -0.4 is 10.2 Å². The second-order valence-electron chi connectivity index (χ2n) is 5.15. The van der Waals surface area contributed by atoms with E-state index in [1.807, 2.05) is 4.52 Å². The molecule has 0 bridgehead atoms. The van der Waals surface area contributed by atoms with Crippen LogP contribution in [0.3, 0.4) is 0 Å². The quantitative estimate of drug-likeness (QED) is 0.896. The van der Waals surface area contributed by atoms with Gasteiger partial charge in [-0.2, -0.15) is 9.61 Å². The van der Waals surface area contributed by atoms with Crippen LogP contribution in [-0.2, 0) is 4.74 Å². The average Bonchev–Trinajstić information content (AvgIpc) is 2.92. The molecule has 0 radical (unpaired) electrons. The standard InChI is InChI=1S/C14H21N5O/c1-3-15-8-12-9-20-5-4-18(12)14-7-11(2)6-13-16-10-17-19(13)14/h6-7,10,12,15H,3-5,8-9H2,1-2H3. The van der Waals surface area contributed by atoms with Gasteiger partial charge in [-0.05, 0) is 31.2 Å². The summed E-state index contributed by atoms with van der Waals surface area (Å²) >= 11 is 0. The molecular weight excluding hydrogens is 254 g/mol. The van der Waals surface area contributed by atoms with Crippen LogP contribution >= 0.6 is 0 Å². The zero-order chi connectivity index (χ0) is 13.9. The first-order chi connectivity index (χ1) is 9.79. The summed E-state index contributed by atoms with van der Waals surface area (Å²) in [5.74, 6) is 1.10. The smallest absolute Gasteiger partial charge is 0.157 e. The number of hydrogen-bond donors (Lipinski definition) is 1. The van der Waals surface area contributed by atoms with Crippen molar-refractivity contribution in [1.82, 2.24) is 19.9 Å². The zero-order valence-electron chi connectivity index (χ0n) is 12.0. The Morgan fingerprint density at radius 3 is 3.20 bits per heavy atom. The van der Waals surface area contributed by atoms with Crippen molar-refractivity contribution in [3.8, 4) is 0 Å². The molecule has 0 spiro atoms. The number of hydrogen-bond acceptors (Lipinski definition) is 5. The minimum atomic E-state index is 0.331. The highest BCUT2D eigenvalue weighted by molar-refractivity contribution is 5.53. The number of fused-ring (bicyclic) bond motifs is 1. The molecule has 1 unspecified atom stereocenters. The van der Waals surface area contributed by atoms with Crippen molar-refractivity contribution in [3.63, 3.8) is 0 Å². The number of rotatable bonds is 4. The minimum Gasteiger partial charge on any atom is -0.377 e. The summed E-state index contributed by atoms with van der Waals surface area (Å²) in [7, 11) is 0. The lowest BCUT2D eigenvalue weighted by molar-refractivity contribution is 0.0933. The number of nitrogens with zero attached hydrogens (tertiary/aromatic N) is 4. The summed E-state index contributed by atoms with van der Waals surface area (Å²) in [5.41, 5.74) is 2.10. The molecule has 0 saturated carbocycles. The fourth-order valence-corrected chi connectivity index (χ4v) is 2.68. The topological polar surface area (TPSA) is 54.7 Å². The van der Waals surface area contributed by atoms with E-state index in [1.54, 1.807) is 6.33 Å². The molecule has 1 N–H and O–H groups in total. The maximum absolute atomic E-state index is 5.63. The molecule has 6 nitrogen and oxygen atoms in total. The molecule has 1 aliphatic heterocycles. The Bertz CT molecular complexity index is 582. The van der Waals surface area contributed by atoms with E-state index in [4.69, 9.17) is 4.74 Å². The number of pyridine rings is 1. The molecule has 3 rings (SSSR count). The Kier molecular flexibility index (Phi) is 3.84. The molecule has 1 saturated heterocycles. The Morgan fingerprint density at radius 1 is 1.45 bits per heavy atom. The van der Waals surface area contributed by atoms with Crippen LogP contribution in [0.1, 0.15) is 12.5 Å². The number of aromatic nitrogens is 3. The SMILES string of the molecule is CCNCC1COCCN1c1cc(C)cc2ncnn12. The van der Waals surface area contributed by atoms with Crippen molar-refractivity contribution in [1.29, 1.82) is 0 Å². The molecule has 1 fully saturated rings. The van der Waals surface area contributed by atoms with Crippen LogP contribution in [0, 0.1) is 6.92 Å². The maximum Gasteiger partial charge on any atom is 0.157 e. The van der Waals surface area contributed by atoms with Gasteiger partial charge < -0.3 is 15.0 Å². The fourth-order valence-electron chi connectivity index (χ4n) is 2.68. The molecule has 2 aromatic heterocycles. The van der Waals surface area contributed by atoms with E-state index in [0.29, 0.717) is 6.04 Å². The molecule has 0 aliphatic carbocycles. The maximum atomic E-state index is 5.63. The van der Waals surface area contributed by atoms with Gasteiger partial charge >= 0.3 is 0 Å². The summed E-state index contributed by atoms with van der Waals surface area (Å²) in [6.07, 6.45) is 1.61. The van der Waals surface area contributed by atoms with Gasteiger partial charge in [0.2, 0.25) is 0 Å². The largest absolute Gasteiger partial charge is 0.377 e. The van der Waals surface area contributed by atoms with Crippen molar-refractivity contribution in [2.24, 2.45) is 0 Å². The summed E-state index contributed by atoms with van der Waals surface area (Å²) in [6.45, 7) is 8.49. The third-order valence-corrected chi connectivity index (χ3v) is 3.66. The average molecular weight is 275 g/mol. The van der Waals surface area contributed by atoms with Crippen LogP contribution in [0.15, 0.2) is 18.5 Å². The first kappa shape index (κ1) is 13.3. The van der Waals surface area contributed by atoms with Crippen molar-refractivity contribution < 1.29 is 4.74 Å². The van der Waals surface area contributed by atoms with Crippen molar-refractivity contribution >= 4 is 11.5 Å². The highest BCUT2D eigenvalue weighted by Crippen LogP contribution is 2.22. The summed E-state index contributed by atoms with van der Waals surface area (Å²) in [6, 6.07) is 4.56. The van der Waals surface area contributed by atoms with Gasteiger partial charge in [0.1, 0.15) is 12.1 Å². The second-order valence-corrected chi connectivity index (χ2v) is 5.15. The lowest BCUT2D eigenvalue weighted by atomic mass is 10.2. The number of aryl methyl sites for hydroxylation is 1. The van der Waals surface area contributed by atoms with Gasteiger partial charge in [0.05, 0.1) is 19.3 Å². The highest BCUT2D eigenvalue weighted by Gasteiger charge is 2.25. The van der Waals surface area contributed by atoms with E-state index in [9.17, 15) is 0 Å². The van der Waals surface area contributed by atoms with Gasteiger partial charge in [-0.15, -0.1) is 0 Å². The molecule has 6 heteroatoms. The van der Waals surface area contributed by atoms with Gasteiger partial charge in [0.25, 0.3) is 0 Å². The van der Waals surface area contributed by atoms with Gasteiger partial charge in [0, 0.05) is 13.1 Å². The number of ether oxygens (including phenoxy) is 1. The Labute approximate surface area is 118 Å². The van der Waals surface area contributed by atoms with Gasteiger partial charge in [0.15, 0.2) is 5.65 Å². The molecule has 1 atom stereocenters. The van der Waals surface area contributed by atoms with Crippen LogP contribution in [-0.4, -0.2) is 53.5 Å². The van der Waals surface area contributed by atoms with Crippen LogP contribution in [0.25, 0.3) is 5.65 Å². The van der Waals surface area contributed by atoms with E-state index in [2.05, 4.69) is 46.3 Å². The third-order valence-electron chi connectivity index (χ3n) is 3.66. The summed E-state index contributed by atoms with van der Waals surface area (Å²) < 4.78 is 7.54. The Balaban J connectivity index is 1.96. The normalized spacial score (nSPS) is 19.7. The first-order valence-electron chi connectivity index (χ1n) is 7.15. The number of anilines is 1. The Hall–Kier alpha value is -1.66. The van der Waals surface area contributed by atoms with E-state index in [-0.39, 0.29) is 0 Å². The van der Waals surface area contributed by atoms with E-state index in [0.717, 1.165) is 44.3 Å². The molecule has 0 aromatic carbocycles. The monoisotopic (exact) mass is 275 g/mol. The number of morpholine rings is 1. The van der Waals surface area contributed by atoms with E-state index < -0.39 is 0 Å². The van der Waals surface area contributed by atoms with Crippen molar-refractivity contribution in [2.75, 3.05) is 37.7 Å².